The summed E-state index contributed by atoms with van der Waals surface area (Å²) in [5, 5.41) is 10.4. The van der Waals surface area contributed by atoms with Gasteiger partial charge in [-0.15, -0.1) is 0 Å². The molecule has 0 spiro atoms. The number of para-hydroxylation sites is 1. The monoisotopic (exact) mass is 377 g/mol. The highest BCUT2D eigenvalue weighted by Gasteiger charge is 2.50. The Morgan fingerprint density at radius 3 is 2.32 bits per heavy atom. The summed E-state index contributed by atoms with van der Waals surface area (Å²) in [6, 6.07) is 20.8. The Hall–Kier alpha value is -1.84. The van der Waals surface area contributed by atoms with Crippen LogP contribution >= 0.6 is 0 Å². The molecule has 4 aliphatic rings. The lowest BCUT2D eigenvalue weighted by molar-refractivity contribution is -0.0652. The summed E-state index contributed by atoms with van der Waals surface area (Å²) in [5.41, 5.74) is 1.54. The molecule has 148 valence electrons. The van der Waals surface area contributed by atoms with Crippen molar-refractivity contribution >= 4 is 0 Å². The first kappa shape index (κ1) is 18.2. The standard InChI is InChI=1S/C25H31NO2/c27-22(17-28-23-9-5-2-6-10-23)16-26-14-20-11-21(15-26)25(20)13-19-12-24(19)18-7-3-1-4-8-18/h1-10,19-22,24-25,27H,11-17H2/t19-,20-,21+,22?,24-,25?/m0/s1. The smallest absolute Gasteiger partial charge is 0.119 e. The van der Waals surface area contributed by atoms with Gasteiger partial charge in [0.15, 0.2) is 0 Å². The first-order valence-corrected chi connectivity index (χ1v) is 10.9. The first-order valence-electron chi connectivity index (χ1n) is 10.9. The van der Waals surface area contributed by atoms with Gasteiger partial charge in [-0.25, -0.2) is 0 Å². The molecular weight excluding hydrogens is 346 g/mol. The number of aliphatic hydroxyl groups excluding tert-OH is 1. The molecule has 2 saturated heterocycles. The minimum Gasteiger partial charge on any atom is -0.491 e. The number of fused-ring (bicyclic) bond motifs is 2. The van der Waals surface area contributed by atoms with Gasteiger partial charge in [-0.3, -0.25) is 0 Å². The van der Waals surface area contributed by atoms with Crippen molar-refractivity contribution in [1.82, 2.24) is 4.90 Å². The van der Waals surface area contributed by atoms with Gasteiger partial charge in [0.25, 0.3) is 0 Å². The van der Waals surface area contributed by atoms with E-state index in [9.17, 15) is 5.11 Å². The maximum absolute atomic E-state index is 10.4. The molecule has 4 fully saturated rings. The third-order valence-corrected chi connectivity index (χ3v) is 7.18. The van der Waals surface area contributed by atoms with Gasteiger partial charge >= 0.3 is 0 Å². The van der Waals surface area contributed by atoms with E-state index in [0.717, 1.165) is 55.0 Å². The molecule has 2 aliphatic heterocycles. The van der Waals surface area contributed by atoms with Crippen molar-refractivity contribution < 1.29 is 9.84 Å². The molecule has 2 bridgehead atoms. The van der Waals surface area contributed by atoms with Crippen LogP contribution in [-0.4, -0.2) is 42.4 Å². The Kier molecular flexibility index (Phi) is 5.13. The number of ether oxygens (including phenoxy) is 1. The molecule has 2 unspecified atom stereocenters. The Morgan fingerprint density at radius 2 is 1.61 bits per heavy atom. The number of piperidine rings is 2. The van der Waals surface area contributed by atoms with Gasteiger partial charge in [0, 0.05) is 19.6 Å². The summed E-state index contributed by atoms with van der Waals surface area (Å²) in [7, 11) is 0. The second-order valence-corrected chi connectivity index (χ2v) is 9.16. The molecule has 6 rings (SSSR count). The topological polar surface area (TPSA) is 32.7 Å². The number of rotatable bonds is 8. The van der Waals surface area contributed by atoms with E-state index in [-0.39, 0.29) is 0 Å². The molecule has 0 aromatic heterocycles. The van der Waals surface area contributed by atoms with Gasteiger partial charge in [0.05, 0.1) is 0 Å². The molecule has 2 aromatic carbocycles. The Labute approximate surface area is 168 Å². The molecule has 2 saturated carbocycles. The Bertz CT molecular complexity index is 753. The van der Waals surface area contributed by atoms with E-state index in [4.69, 9.17) is 4.74 Å². The van der Waals surface area contributed by atoms with Gasteiger partial charge in [-0.2, -0.15) is 0 Å². The summed E-state index contributed by atoms with van der Waals surface area (Å²) < 4.78 is 5.71. The van der Waals surface area contributed by atoms with Crippen molar-refractivity contribution in [2.75, 3.05) is 26.2 Å². The number of hydrogen-bond acceptors (Lipinski definition) is 3. The normalized spacial score (nSPS) is 32.4. The van der Waals surface area contributed by atoms with Crippen LogP contribution in [0.4, 0.5) is 0 Å². The minimum absolute atomic E-state index is 0.375. The largest absolute Gasteiger partial charge is 0.491 e. The van der Waals surface area contributed by atoms with Gasteiger partial charge in [-0.1, -0.05) is 48.5 Å². The van der Waals surface area contributed by atoms with Gasteiger partial charge < -0.3 is 14.7 Å². The average Bonchev–Trinajstić information content (AvgIpc) is 3.52. The van der Waals surface area contributed by atoms with Crippen LogP contribution in [0.1, 0.15) is 30.7 Å². The molecule has 2 aliphatic carbocycles. The summed E-state index contributed by atoms with van der Waals surface area (Å²) >= 11 is 0. The van der Waals surface area contributed by atoms with Crippen molar-refractivity contribution in [1.29, 1.82) is 0 Å². The fourth-order valence-corrected chi connectivity index (χ4v) is 5.65. The molecule has 28 heavy (non-hydrogen) atoms. The van der Waals surface area contributed by atoms with E-state index in [1.165, 1.54) is 19.3 Å². The highest BCUT2D eigenvalue weighted by molar-refractivity contribution is 5.26. The van der Waals surface area contributed by atoms with Crippen molar-refractivity contribution in [2.24, 2.45) is 23.7 Å². The van der Waals surface area contributed by atoms with Crippen molar-refractivity contribution in [2.45, 2.75) is 31.3 Å². The van der Waals surface area contributed by atoms with Crippen LogP contribution in [0.15, 0.2) is 60.7 Å². The van der Waals surface area contributed by atoms with Crippen LogP contribution in [-0.2, 0) is 0 Å². The third-order valence-electron chi connectivity index (χ3n) is 7.18. The van der Waals surface area contributed by atoms with Gasteiger partial charge in [0.1, 0.15) is 18.5 Å². The predicted octanol–water partition coefficient (Wildman–Crippen LogP) is 4.19. The Balaban J connectivity index is 1.05. The highest BCUT2D eigenvalue weighted by atomic mass is 16.5. The fourth-order valence-electron chi connectivity index (χ4n) is 5.65. The third kappa shape index (κ3) is 3.97. The Morgan fingerprint density at radius 1 is 0.929 bits per heavy atom. The molecule has 1 N–H and O–H groups in total. The average molecular weight is 378 g/mol. The zero-order chi connectivity index (χ0) is 18.9. The van der Waals surface area contributed by atoms with E-state index in [0.29, 0.717) is 6.61 Å². The second kappa shape index (κ2) is 7.88. The summed E-state index contributed by atoms with van der Waals surface area (Å²) in [6.07, 6.45) is 3.80. The zero-order valence-corrected chi connectivity index (χ0v) is 16.5. The number of nitrogens with zero attached hydrogens (tertiary/aromatic N) is 1. The molecule has 3 heteroatoms. The fraction of sp³-hybridized carbons (Fsp3) is 0.520. The summed E-state index contributed by atoms with van der Waals surface area (Å²) in [5.74, 6) is 5.17. The summed E-state index contributed by atoms with van der Waals surface area (Å²) in [6.45, 7) is 3.43. The maximum atomic E-state index is 10.4. The van der Waals surface area contributed by atoms with Crippen LogP contribution in [0.2, 0.25) is 0 Å². The van der Waals surface area contributed by atoms with Crippen molar-refractivity contribution in [3.05, 3.63) is 66.2 Å². The second-order valence-electron chi connectivity index (χ2n) is 9.16. The lowest BCUT2D eigenvalue weighted by Gasteiger charge is -2.54. The number of benzene rings is 2. The highest BCUT2D eigenvalue weighted by Crippen LogP contribution is 2.57. The van der Waals surface area contributed by atoms with E-state index >= 15 is 0 Å². The van der Waals surface area contributed by atoms with Gasteiger partial charge in [-0.05, 0) is 66.5 Å². The zero-order valence-electron chi connectivity index (χ0n) is 16.5. The van der Waals surface area contributed by atoms with Crippen LogP contribution in [0, 0.1) is 23.7 Å². The summed E-state index contributed by atoms with van der Waals surface area (Å²) in [4.78, 5) is 2.47. The van der Waals surface area contributed by atoms with Gasteiger partial charge in [0.2, 0.25) is 0 Å². The maximum Gasteiger partial charge on any atom is 0.119 e. The molecule has 0 amide bonds. The molecule has 0 radical (unpaired) electrons. The van der Waals surface area contributed by atoms with Crippen LogP contribution in [0.3, 0.4) is 0 Å². The first-order chi connectivity index (χ1) is 13.8. The van der Waals surface area contributed by atoms with Crippen molar-refractivity contribution in [3.8, 4) is 5.75 Å². The molecule has 6 atom stereocenters. The van der Waals surface area contributed by atoms with E-state index in [2.05, 4.69) is 35.2 Å². The molecule has 2 aromatic rings. The van der Waals surface area contributed by atoms with E-state index in [1.54, 1.807) is 5.56 Å². The molecular formula is C25H31NO2. The minimum atomic E-state index is -0.415. The molecule has 3 nitrogen and oxygen atoms in total. The number of hydrogen-bond donors (Lipinski definition) is 1. The number of aliphatic hydroxyl groups is 1. The molecule has 2 heterocycles. The van der Waals surface area contributed by atoms with Crippen molar-refractivity contribution in [3.63, 3.8) is 0 Å². The van der Waals surface area contributed by atoms with Crippen LogP contribution in [0.25, 0.3) is 0 Å². The van der Waals surface area contributed by atoms with E-state index in [1.807, 2.05) is 30.3 Å². The lowest BCUT2D eigenvalue weighted by atomic mass is 9.59. The SMILES string of the molecule is OC(COc1ccccc1)CN1C[C@H]2C[C@@H](C1)C2C[C@@H]1C[C@H]1c1ccccc1. The van der Waals surface area contributed by atoms with Crippen LogP contribution < -0.4 is 4.74 Å². The van der Waals surface area contributed by atoms with Crippen LogP contribution in [0.5, 0.6) is 5.75 Å². The van der Waals surface area contributed by atoms with E-state index < -0.39 is 6.10 Å². The quantitative estimate of drug-likeness (QED) is 0.749. The lowest BCUT2D eigenvalue weighted by Crippen LogP contribution is -2.56. The predicted molar refractivity (Wildman–Crippen MR) is 111 cm³/mol.